The number of hydrogen-bond acceptors (Lipinski definition) is 10. The molecule has 10 nitrogen and oxygen atoms in total. The number of esters is 2. The van der Waals surface area contributed by atoms with Gasteiger partial charge in [0, 0.05) is 28.0 Å². The molecule has 2 aromatic carbocycles. The Labute approximate surface area is 237 Å². The molecular formula is C28H30N4O6S2. The second-order valence-electron chi connectivity index (χ2n) is 8.87. The summed E-state index contributed by atoms with van der Waals surface area (Å²) in [6.45, 7) is 7.29. The summed E-state index contributed by atoms with van der Waals surface area (Å²) in [6.07, 6.45) is 0. The maximum absolute atomic E-state index is 13.2. The van der Waals surface area contributed by atoms with E-state index in [2.05, 4.69) is 15.6 Å². The number of ether oxygens (including phenoxy) is 2. The number of rotatable bonds is 9. The Morgan fingerprint density at radius 1 is 0.975 bits per heavy atom. The van der Waals surface area contributed by atoms with Gasteiger partial charge in [-0.3, -0.25) is 0 Å². The highest BCUT2D eigenvalue weighted by atomic mass is 32.2. The van der Waals surface area contributed by atoms with Crippen molar-refractivity contribution in [3.8, 4) is 11.3 Å². The second kappa shape index (κ2) is 12.0. The molecule has 0 spiro atoms. The summed E-state index contributed by atoms with van der Waals surface area (Å²) in [5.74, 6) is -1.87. The number of anilines is 2. The Morgan fingerprint density at radius 3 is 2.15 bits per heavy atom. The largest absolute Gasteiger partial charge is 0.463 e. The number of para-hydroxylation sites is 1. The zero-order valence-corrected chi connectivity index (χ0v) is 24.1. The van der Waals surface area contributed by atoms with Crippen molar-refractivity contribution in [2.24, 2.45) is 5.14 Å². The third-order valence-corrected chi connectivity index (χ3v) is 7.96. The molecule has 3 aromatic rings. The van der Waals surface area contributed by atoms with Gasteiger partial charge in [0.25, 0.3) is 0 Å². The molecule has 0 saturated heterocycles. The summed E-state index contributed by atoms with van der Waals surface area (Å²) in [5.41, 5.74) is 3.78. The topological polar surface area (TPSA) is 150 Å². The van der Waals surface area contributed by atoms with Gasteiger partial charge in [-0.15, -0.1) is 11.3 Å². The van der Waals surface area contributed by atoms with Gasteiger partial charge in [-0.2, -0.15) is 0 Å². The van der Waals surface area contributed by atoms with Gasteiger partial charge in [0.2, 0.25) is 10.0 Å². The smallest absolute Gasteiger partial charge is 0.336 e. The van der Waals surface area contributed by atoms with Crippen LogP contribution in [0.3, 0.4) is 0 Å². The molecule has 4 rings (SSSR count). The summed E-state index contributed by atoms with van der Waals surface area (Å²) in [4.78, 5) is 30.9. The third kappa shape index (κ3) is 5.93. The number of nitrogens with one attached hydrogen (secondary N) is 2. The van der Waals surface area contributed by atoms with Crippen LogP contribution in [0.4, 0.5) is 10.8 Å². The number of hydrogen-bond donors (Lipinski definition) is 3. The van der Waals surface area contributed by atoms with Gasteiger partial charge in [-0.05, 0) is 45.4 Å². The van der Waals surface area contributed by atoms with Crippen molar-refractivity contribution < 1.29 is 27.5 Å². The molecular weight excluding hydrogens is 552 g/mol. The van der Waals surface area contributed by atoms with Crippen molar-refractivity contribution in [2.75, 3.05) is 18.5 Å². The first-order valence-corrected chi connectivity index (χ1v) is 15.0. The number of allylic oxidation sites excluding steroid dienone is 2. The third-order valence-electron chi connectivity index (χ3n) is 6.24. The van der Waals surface area contributed by atoms with Gasteiger partial charge in [-0.1, -0.05) is 36.4 Å². The van der Waals surface area contributed by atoms with Crippen LogP contribution in [0.25, 0.3) is 11.3 Å². The summed E-state index contributed by atoms with van der Waals surface area (Å²) in [6, 6.07) is 13.6. The van der Waals surface area contributed by atoms with E-state index in [0.717, 1.165) is 0 Å². The number of nitrogens with two attached hydrogens (primary N) is 1. The zero-order valence-electron chi connectivity index (χ0n) is 22.5. The summed E-state index contributed by atoms with van der Waals surface area (Å²) >= 11 is 1.27. The average Bonchev–Trinajstić information content (AvgIpc) is 3.36. The molecule has 0 radical (unpaired) electrons. The number of sulfonamides is 1. The first kappa shape index (κ1) is 29.0. The molecule has 0 saturated carbocycles. The maximum Gasteiger partial charge on any atom is 0.336 e. The van der Waals surface area contributed by atoms with E-state index >= 15 is 0 Å². The molecule has 2 heterocycles. The van der Waals surface area contributed by atoms with Crippen molar-refractivity contribution in [2.45, 2.75) is 38.5 Å². The van der Waals surface area contributed by atoms with E-state index in [-0.39, 0.29) is 18.1 Å². The molecule has 1 aromatic heterocycles. The standard InChI is InChI=1S/C28H30N4O6S2/c1-5-37-26(33)23-16(3)30-17(4)24(27(34)38-6-2)25(23)19-12-7-9-13-20(19)31-28-32-21(15-39-28)18-11-8-10-14-22(18)40(29,35)36/h7-15,25,30H,5-6H2,1-4H3,(H,31,32)(H2,29,35,36). The minimum atomic E-state index is -3.96. The molecule has 210 valence electrons. The summed E-state index contributed by atoms with van der Waals surface area (Å²) in [7, 11) is -3.96. The highest BCUT2D eigenvalue weighted by Crippen LogP contribution is 2.43. The Morgan fingerprint density at radius 2 is 1.55 bits per heavy atom. The molecule has 12 heteroatoms. The van der Waals surface area contributed by atoms with Crippen molar-refractivity contribution in [1.82, 2.24) is 10.3 Å². The molecule has 1 aliphatic heterocycles. The van der Waals surface area contributed by atoms with E-state index < -0.39 is 27.9 Å². The second-order valence-corrected chi connectivity index (χ2v) is 11.3. The van der Waals surface area contributed by atoms with Crippen LogP contribution in [0.5, 0.6) is 0 Å². The van der Waals surface area contributed by atoms with E-state index in [9.17, 15) is 18.0 Å². The molecule has 0 aliphatic carbocycles. The lowest BCUT2D eigenvalue weighted by atomic mass is 9.79. The SMILES string of the molecule is CCOC(=O)C1=C(C)NC(C)=C(C(=O)OCC)C1c1ccccc1Nc1nc(-c2ccccc2S(N)(=O)=O)cs1. The lowest BCUT2D eigenvalue weighted by molar-refractivity contribution is -0.139. The van der Waals surface area contributed by atoms with E-state index in [4.69, 9.17) is 14.6 Å². The van der Waals surface area contributed by atoms with Crippen LogP contribution < -0.4 is 15.8 Å². The van der Waals surface area contributed by atoms with Gasteiger partial charge in [0.05, 0.1) is 40.9 Å². The van der Waals surface area contributed by atoms with Gasteiger partial charge in [0.1, 0.15) is 0 Å². The minimum Gasteiger partial charge on any atom is -0.463 e. The van der Waals surface area contributed by atoms with Gasteiger partial charge in [0.15, 0.2) is 5.13 Å². The van der Waals surface area contributed by atoms with Crippen molar-refractivity contribution >= 4 is 44.1 Å². The van der Waals surface area contributed by atoms with Crippen LogP contribution >= 0.6 is 11.3 Å². The first-order chi connectivity index (χ1) is 19.1. The zero-order chi connectivity index (χ0) is 29.0. The summed E-state index contributed by atoms with van der Waals surface area (Å²) < 4.78 is 35.0. The van der Waals surface area contributed by atoms with Crippen LogP contribution in [-0.4, -0.2) is 38.6 Å². The number of carbonyl (C=O) groups excluding carboxylic acids is 2. The number of carbonyl (C=O) groups is 2. The summed E-state index contributed by atoms with van der Waals surface area (Å²) in [5, 5.41) is 14.0. The molecule has 1 aliphatic rings. The predicted molar refractivity (Wildman–Crippen MR) is 153 cm³/mol. The number of thiazole rings is 1. The fourth-order valence-corrected chi connectivity index (χ4v) is 6.09. The molecule has 0 unspecified atom stereocenters. The molecule has 0 fully saturated rings. The van der Waals surface area contributed by atoms with Crippen LogP contribution in [0.1, 0.15) is 39.2 Å². The van der Waals surface area contributed by atoms with Gasteiger partial charge < -0.3 is 20.1 Å². The van der Waals surface area contributed by atoms with Crippen LogP contribution in [-0.2, 0) is 29.1 Å². The molecule has 0 amide bonds. The van der Waals surface area contributed by atoms with Crippen LogP contribution in [0.15, 0.2) is 81.3 Å². The van der Waals surface area contributed by atoms with Crippen molar-refractivity contribution in [3.05, 3.63) is 82.0 Å². The Balaban J connectivity index is 1.80. The average molecular weight is 583 g/mol. The monoisotopic (exact) mass is 582 g/mol. The minimum absolute atomic E-state index is 0.0265. The Kier molecular flexibility index (Phi) is 8.72. The van der Waals surface area contributed by atoms with Crippen LogP contribution in [0.2, 0.25) is 0 Å². The Bertz CT molecular complexity index is 1580. The predicted octanol–water partition coefficient (Wildman–Crippen LogP) is 4.56. The fourth-order valence-electron chi connectivity index (χ4n) is 4.62. The number of benzene rings is 2. The molecule has 4 N–H and O–H groups in total. The van der Waals surface area contributed by atoms with E-state index in [1.165, 1.54) is 17.4 Å². The van der Waals surface area contributed by atoms with Crippen LogP contribution in [0, 0.1) is 0 Å². The van der Waals surface area contributed by atoms with E-state index in [1.807, 2.05) is 24.3 Å². The van der Waals surface area contributed by atoms with E-state index in [0.29, 0.717) is 50.2 Å². The van der Waals surface area contributed by atoms with Gasteiger partial charge in [-0.25, -0.2) is 28.1 Å². The lowest BCUT2D eigenvalue weighted by Crippen LogP contribution is -2.32. The molecule has 40 heavy (non-hydrogen) atoms. The number of nitrogens with zero attached hydrogens (tertiary/aromatic N) is 1. The van der Waals surface area contributed by atoms with Crippen molar-refractivity contribution in [3.63, 3.8) is 0 Å². The Hall–Kier alpha value is -4.00. The van der Waals surface area contributed by atoms with Crippen molar-refractivity contribution in [1.29, 1.82) is 0 Å². The molecule has 0 atom stereocenters. The number of dihydropyridines is 1. The maximum atomic E-state index is 13.2. The number of aromatic nitrogens is 1. The highest BCUT2D eigenvalue weighted by molar-refractivity contribution is 7.89. The quantitative estimate of drug-likeness (QED) is 0.309. The van der Waals surface area contributed by atoms with E-state index in [1.54, 1.807) is 51.3 Å². The fraction of sp³-hybridized carbons (Fsp3) is 0.250. The number of primary sulfonamides is 1. The normalized spacial score (nSPS) is 14.1. The lowest BCUT2D eigenvalue weighted by Gasteiger charge is -2.31. The first-order valence-electron chi connectivity index (χ1n) is 12.5. The van der Waals surface area contributed by atoms with Gasteiger partial charge >= 0.3 is 11.9 Å². The highest BCUT2D eigenvalue weighted by Gasteiger charge is 2.39. The molecule has 0 bridgehead atoms.